The van der Waals surface area contributed by atoms with Crippen molar-refractivity contribution in [2.45, 2.75) is 6.92 Å². The van der Waals surface area contributed by atoms with Gasteiger partial charge in [-0.3, -0.25) is 4.98 Å². The molecule has 2 aromatic rings. The van der Waals surface area contributed by atoms with Gasteiger partial charge in [-0.1, -0.05) is 0 Å². The SMILES string of the molecule is CCOc1ccnc2ccc(N)cc12. The maximum absolute atomic E-state index is 5.71. The predicted molar refractivity (Wildman–Crippen MR) is 57.3 cm³/mol. The quantitative estimate of drug-likeness (QED) is 0.735. The number of hydrogen-bond donors (Lipinski definition) is 1. The molecule has 0 radical (unpaired) electrons. The van der Waals surface area contributed by atoms with Gasteiger partial charge in [-0.2, -0.15) is 0 Å². The van der Waals surface area contributed by atoms with Crippen LogP contribution in [-0.4, -0.2) is 11.6 Å². The third kappa shape index (κ3) is 1.48. The van der Waals surface area contributed by atoms with Crippen molar-refractivity contribution in [1.29, 1.82) is 0 Å². The van der Waals surface area contributed by atoms with Crippen LogP contribution in [0, 0.1) is 0 Å². The van der Waals surface area contributed by atoms with E-state index in [4.69, 9.17) is 10.5 Å². The molecule has 0 unspecified atom stereocenters. The predicted octanol–water partition coefficient (Wildman–Crippen LogP) is 2.22. The van der Waals surface area contributed by atoms with E-state index in [-0.39, 0.29) is 0 Å². The summed E-state index contributed by atoms with van der Waals surface area (Å²) in [5.74, 6) is 0.838. The first-order valence-electron chi connectivity index (χ1n) is 4.58. The van der Waals surface area contributed by atoms with Crippen LogP contribution in [0.5, 0.6) is 5.75 Å². The van der Waals surface area contributed by atoms with E-state index in [1.54, 1.807) is 6.20 Å². The van der Waals surface area contributed by atoms with E-state index in [1.165, 1.54) is 0 Å². The zero-order chi connectivity index (χ0) is 9.97. The van der Waals surface area contributed by atoms with Gasteiger partial charge in [0, 0.05) is 17.3 Å². The Bertz CT molecular complexity index is 454. The van der Waals surface area contributed by atoms with Crippen LogP contribution < -0.4 is 10.5 Å². The van der Waals surface area contributed by atoms with Gasteiger partial charge in [-0.05, 0) is 31.2 Å². The number of aromatic nitrogens is 1. The maximum Gasteiger partial charge on any atom is 0.130 e. The van der Waals surface area contributed by atoms with Crippen molar-refractivity contribution in [1.82, 2.24) is 4.98 Å². The van der Waals surface area contributed by atoms with Crippen LogP contribution in [0.4, 0.5) is 5.69 Å². The molecule has 0 atom stereocenters. The second kappa shape index (κ2) is 3.54. The summed E-state index contributed by atoms with van der Waals surface area (Å²) in [4.78, 5) is 4.23. The van der Waals surface area contributed by atoms with Crippen molar-refractivity contribution in [3.63, 3.8) is 0 Å². The standard InChI is InChI=1S/C11H12N2O/c1-2-14-11-5-6-13-10-4-3-8(12)7-9(10)11/h3-7H,2,12H2,1H3. The normalized spacial score (nSPS) is 10.4. The lowest BCUT2D eigenvalue weighted by Crippen LogP contribution is -1.94. The molecule has 0 amide bonds. The van der Waals surface area contributed by atoms with E-state index in [2.05, 4.69) is 4.98 Å². The summed E-state index contributed by atoms with van der Waals surface area (Å²) in [6, 6.07) is 7.47. The molecule has 0 aliphatic heterocycles. The van der Waals surface area contributed by atoms with Crippen molar-refractivity contribution in [3.05, 3.63) is 30.5 Å². The Kier molecular flexibility index (Phi) is 2.23. The smallest absolute Gasteiger partial charge is 0.130 e. The van der Waals surface area contributed by atoms with Crippen molar-refractivity contribution >= 4 is 16.6 Å². The molecule has 0 aliphatic rings. The third-order valence-electron chi connectivity index (χ3n) is 2.03. The van der Waals surface area contributed by atoms with Gasteiger partial charge in [0.05, 0.1) is 12.1 Å². The largest absolute Gasteiger partial charge is 0.493 e. The van der Waals surface area contributed by atoms with Gasteiger partial charge in [0.25, 0.3) is 0 Å². The zero-order valence-electron chi connectivity index (χ0n) is 8.03. The number of nitrogens with two attached hydrogens (primary N) is 1. The van der Waals surface area contributed by atoms with Crippen LogP contribution in [0.1, 0.15) is 6.92 Å². The van der Waals surface area contributed by atoms with E-state index in [0.29, 0.717) is 6.61 Å². The van der Waals surface area contributed by atoms with Gasteiger partial charge in [0.15, 0.2) is 0 Å². The molecule has 0 aliphatic carbocycles. The van der Waals surface area contributed by atoms with Crippen molar-refractivity contribution < 1.29 is 4.74 Å². The summed E-state index contributed by atoms with van der Waals surface area (Å²) in [7, 11) is 0. The number of ether oxygens (including phenoxy) is 1. The highest BCUT2D eigenvalue weighted by atomic mass is 16.5. The zero-order valence-corrected chi connectivity index (χ0v) is 8.03. The summed E-state index contributed by atoms with van der Waals surface area (Å²) >= 11 is 0. The van der Waals surface area contributed by atoms with Crippen LogP contribution in [0.25, 0.3) is 10.9 Å². The Morgan fingerprint density at radius 2 is 2.21 bits per heavy atom. The first-order chi connectivity index (χ1) is 6.81. The van der Waals surface area contributed by atoms with Crippen molar-refractivity contribution in [2.75, 3.05) is 12.3 Å². The summed E-state index contributed by atoms with van der Waals surface area (Å²) < 4.78 is 5.48. The fourth-order valence-electron chi connectivity index (χ4n) is 1.42. The molecule has 1 heterocycles. The molecule has 0 bridgehead atoms. The van der Waals surface area contributed by atoms with Gasteiger partial charge in [0.1, 0.15) is 5.75 Å². The Balaban J connectivity index is 2.64. The number of benzene rings is 1. The number of nitrogens with zero attached hydrogens (tertiary/aromatic N) is 1. The number of anilines is 1. The lowest BCUT2D eigenvalue weighted by molar-refractivity contribution is 0.344. The maximum atomic E-state index is 5.71. The molecule has 2 N–H and O–H groups in total. The van der Waals surface area contributed by atoms with Crippen LogP contribution in [0.2, 0.25) is 0 Å². The molecular weight excluding hydrogens is 176 g/mol. The first-order valence-corrected chi connectivity index (χ1v) is 4.58. The topological polar surface area (TPSA) is 48.1 Å². The molecule has 1 aromatic carbocycles. The van der Waals surface area contributed by atoms with Crippen LogP contribution >= 0.6 is 0 Å². The summed E-state index contributed by atoms with van der Waals surface area (Å²) in [5.41, 5.74) is 7.34. The Morgan fingerprint density at radius 1 is 1.36 bits per heavy atom. The number of nitrogen functional groups attached to an aromatic ring is 1. The minimum Gasteiger partial charge on any atom is -0.493 e. The molecule has 2 rings (SSSR count). The number of hydrogen-bond acceptors (Lipinski definition) is 3. The summed E-state index contributed by atoms with van der Waals surface area (Å²) in [6.45, 7) is 2.60. The number of pyridine rings is 1. The molecule has 14 heavy (non-hydrogen) atoms. The lowest BCUT2D eigenvalue weighted by Gasteiger charge is -2.06. The Morgan fingerprint density at radius 3 is 3.00 bits per heavy atom. The van der Waals surface area contributed by atoms with E-state index in [1.807, 2.05) is 31.2 Å². The average Bonchev–Trinajstić information content (AvgIpc) is 2.19. The Labute approximate surface area is 82.5 Å². The molecule has 0 fully saturated rings. The van der Waals surface area contributed by atoms with Gasteiger partial charge >= 0.3 is 0 Å². The van der Waals surface area contributed by atoms with Crippen LogP contribution in [0.3, 0.4) is 0 Å². The highest BCUT2D eigenvalue weighted by molar-refractivity contribution is 5.87. The fourth-order valence-corrected chi connectivity index (χ4v) is 1.42. The van der Waals surface area contributed by atoms with Gasteiger partial charge < -0.3 is 10.5 Å². The second-order valence-corrected chi connectivity index (χ2v) is 3.02. The van der Waals surface area contributed by atoms with Crippen LogP contribution in [-0.2, 0) is 0 Å². The molecule has 1 aromatic heterocycles. The molecule has 72 valence electrons. The minimum atomic E-state index is 0.647. The van der Waals surface area contributed by atoms with Gasteiger partial charge in [0.2, 0.25) is 0 Å². The molecular formula is C11H12N2O. The van der Waals surface area contributed by atoms with Crippen molar-refractivity contribution in [3.8, 4) is 5.75 Å². The van der Waals surface area contributed by atoms with Crippen LogP contribution in [0.15, 0.2) is 30.5 Å². The van der Waals surface area contributed by atoms with Gasteiger partial charge in [-0.15, -0.1) is 0 Å². The lowest BCUT2D eigenvalue weighted by atomic mass is 10.2. The number of rotatable bonds is 2. The summed E-state index contributed by atoms with van der Waals surface area (Å²) in [5, 5.41) is 0.967. The molecule has 0 spiro atoms. The van der Waals surface area contributed by atoms with E-state index in [9.17, 15) is 0 Å². The minimum absolute atomic E-state index is 0.647. The van der Waals surface area contributed by atoms with Crippen molar-refractivity contribution in [2.24, 2.45) is 0 Å². The monoisotopic (exact) mass is 188 g/mol. The molecule has 0 saturated carbocycles. The van der Waals surface area contributed by atoms with E-state index in [0.717, 1.165) is 22.3 Å². The third-order valence-corrected chi connectivity index (χ3v) is 2.03. The molecule has 0 saturated heterocycles. The summed E-state index contributed by atoms with van der Waals surface area (Å²) in [6.07, 6.45) is 1.74. The highest BCUT2D eigenvalue weighted by Crippen LogP contribution is 2.25. The fraction of sp³-hybridized carbons (Fsp3) is 0.182. The number of fused-ring (bicyclic) bond motifs is 1. The second-order valence-electron chi connectivity index (χ2n) is 3.02. The van der Waals surface area contributed by atoms with E-state index >= 15 is 0 Å². The average molecular weight is 188 g/mol. The molecule has 3 heteroatoms. The molecule has 3 nitrogen and oxygen atoms in total. The van der Waals surface area contributed by atoms with E-state index < -0.39 is 0 Å². The highest BCUT2D eigenvalue weighted by Gasteiger charge is 2.02. The Hall–Kier alpha value is -1.77. The van der Waals surface area contributed by atoms with Gasteiger partial charge in [-0.25, -0.2) is 0 Å². The first kappa shape index (κ1) is 8.81.